The van der Waals surface area contributed by atoms with Gasteiger partial charge in [0.1, 0.15) is 11.5 Å². The van der Waals surface area contributed by atoms with Crippen LogP contribution in [0.2, 0.25) is 0 Å². The van der Waals surface area contributed by atoms with Crippen molar-refractivity contribution < 1.29 is 18.8 Å². The fraction of sp³-hybridized carbons (Fsp3) is 0.0870. The third-order valence-corrected chi connectivity index (χ3v) is 5.02. The lowest BCUT2D eigenvalue weighted by Gasteiger charge is -2.10. The maximum absolute atomic E-state index is 12.8. The van der Waals surface area contributed by atoms with E-state index in [9.17, 15) is 4.79 Å². The summed E-state index contributed by atoms with van der Waals surface area (Å²) < 4.78 is 17.0. The molecule has 1 heterocycles. The SMILES string of the molecule is COc1ccc(C(=O)Nc2ccccc2-c2nc(COc3ccccc3)no2)cc1Br. The van der Waals surface area contributed by atoms with E-state index in [0.29, 0.717) is 44.5 Å². The number of para-hydroxylation sites is 2. The highest BCUT2D eigenvalue weighted by molar-refractivity contribution is 9.10. The molecular formula is C23H18BrN3O4. The number of carbonyl (C=O) groups is 1. The second-order valence-electron chi connectivity index (χ2n) is 6.47. The minimum absolute atomic E-state index is 0.169. The molecule has 0 saturated carbocycles. The number of anilines is 1. The second-order valence-corrected chi connectivity index (χ2v) is 7.32. The summed E-state index contributed by atoms with van der Waals surface area (Å²) in [6, 6.07) is 21.7. The van der Waals surface area contributed by atoms with E-state index in [-0.39, 0.29) is 12.5 Å². The van der Waals surface area contributed by atoms with Gasteiger partial charge in [-0.3, -0.25) is 4.79 Å². The van der Waals surface area contributed by atoms with Crippen molar-refractivity contribution in [3.63, 3.8) is 0 Å². The molecule has 8 heteroatoms. The van der Waals surface area contributed by atoms with Gasteiger partial charge in [0.05, 0.1) is 22.8 Å². The number of nitrogens with zero attached hydrogens (tertiary/aromatic N) is 2. The number of halogens is 1. The molecule has 3 aromatic carbocycles. The van der Waals surface area contributed by atoms with Gasteiger partial charge in [0.25, 0.3) is 11.8 Å². The summed E-state index contributed by atoms with van der Waals surface area (Å²) in [6.45, 7) is 0.169. The highest BCUT2D eigenvalue weighted by Crippen LogP contribution is 2.29. The van der Waals surface area contributed by atoms with Crippen LogP contribution < -0.4 is 14.8 Å². The molecule has 0 atom stereocenters. The maximum Gasteiger partial charge on any atom is 0.260 e. The first-order valence-electron chi connectivity index (χ1n) is 9.39. The Bertz CT molecular complexity index is 1190. The van der Waals surface area contributed by atoms with Gasteiger partial charge in [-0.1, -0.05) is 35.5 Å². The van der Waals surface area contributed by atoms with Gasteiger partial charge in [0, 0.05) is 5.56 Å². The van der Waals surface area contributed by atoms with Crippen LogP contribution in [0.5, 0.6) is 11.5 Å². The number of ether oxygens (including phenoxy) is 2. The Morgan fingerprint density at radius 1 is 1.06 bits per heavy atom. The summed E-state index contributed by atoms with van der Waals surface area (Å²) >= 11 is 3.40. The molecule has 31 heavy (non-hydrogen) atoms. The zero-order chi connectivity index (χ0) is 21.6. The van der Waals surface area contributed by atoms with Crippen molar-refractivity contribution in [3.8, 4) is 23.0 Å². The molecule has 0 radical (unpaired) electrons. The van der Waals surface area contributed by atoms with Gasteiger partial charge < -0.3 is 19.3 Å². The van der Waals surface area contributed by atoms with Crippen molar-refractivity contribution in [1.29, 1.82) is 0 Å². The number of methoxy groups -OCH3 is 1. The Labute approximate surface area is 187 Å². The monoisotopic (exact) mass is 479 g/mol. The molecule has 4 rings (SSSR count). The molecule has 1 aromatic heterocycles. The molecule has 1 amide bonds. The Morgan fingerprint density at radius 2 is 1.84 bits per heavy atom. The third-order valence-electron chi connectivity index (χ3n) is 4.40. The van der Waals surface area contributed by atoms with Gasteiger partial charge in [-0.15, -0.1) is 0 Å². The molecule has 0 aliphatic rings. The van der Waals surface area contributed by atoms with Crippen LogP contribution >= 0.6 is 15.9 Å². The van der Waals surface area contributed by atoms with Crippen LogP contribution in [0.3, 0.4) is 0 Å². The van der Waals surface area contributed by atoms with Crippen LogP contribution in [0.4, 0.5) is 5.69 Å². The van der Waals surface area contributed by atoms with Crippen molar-refractivity contribution >= 4 is 27.5 Å². The molecule has 156 valence electrons. The van der Waals surface area contributed by atoms with Crippen LogP contribution in [-0.2, 0) is 6.61 Å². The van der Waals surface area contributed by atoms with E-state index in [1.54, 1.807) is 37.4 Å². The molecule has 0 bridgehead atoms. The van der Waals surface area contributed by atoms with Gasteiger partial charge in [-0.25, -0.2) is 0 Å². The third kappa shape index (κ3) is 4.92. The van der Waals surface area contributed by atoms with Gasteiger partial charge in [0.15, 0.2) is 6.61 Å². The van der Waals surface area contributed by atoms with E-state index in [1.807, 2.05) is 42.5 Å². The van der Waals surface area contributed by atoms with Crippen molar-refractivity contribution in [2.45, 2.75) is 6.61 Å². The summed E-state index contributed by atoms with van der Waals surface area (Å²) in [4.78, 5) is 17.1. The summed E-state index contributed by atoms with van der Waals surface area (Å²) in [5.74, 6) is 1.78. The summed E-state index contributed by atoms with van der Waals surface area (Å²) in [7, 11) is 1.57. The number of rotatable bonds is 7. The number of carbonyl (C=O) groups excluding carboxylic acids is 1. The zero-order valence-electron chi connectivity index (χ0n) is 16.5. The number of amides is 1. The van der Waals surface area contributed by atoms with Crippen LogP contribution in [0.1, 0.15) is 16.2 Å². The molecule has 0 spiro atoms. The first-order valence-corrected chi connectivity index (χ1v) is 10.2. The fourth-order valence-electron chi connectivity index (χ4n) is 2.87. The van der Waals surface area contributed by atoms with Gasteiger partial charge in [-0.2, -0.15) is 4.98 Å². The first kappa shape index (κ1) is 20.6. The van der Waals surface area contributed by atoms with Crippen molar-refractivity contribution in [3.05, 3.63) is 88.7 Å². The second kappa shape index (κ2) is 9.44. The largest absolute Gasteiger partial charge is 0.496 e. The molecule has 1 N–H and O–H groups in total. The smallest absolute Gasteiger partial charge is 0.260 e. The molecule has 0 aliphatic carbocycles. The lowest BCUT2D eigenvalue weighted by molar-refractivity contribution is 0.102. The fourth-order valence-corrected chi connectivity index (χ4v) is 3.41. The molecule has 0 unspecified atom stereocenters. The van der Waals surface area contributed by atoms with Crippen molar-refractivity contribution in [2.75, 3.05) is 12.4 Å². The van der Waals surface area contributed by atoms with Gasteiger partial charge in [0.2, 0.25) is 5.82 Å². The lowest BCUT2D eigenvalue weighted by Crippen LogP contribution is -2.12. The number of hydrogen-bond acceptors (Lipinski definition) is 6. The standard InChI is InChI=1S/C23H18BrN3O4/c1-29-20-12-11-15(13-18(20)24)22(28)25-19-10-6-5-9-17(19)23-26-21(27-31-23)14-30-16-7-3-2-4-8-16/h2-13H,14H2,1H3,(H,25,28). The average Bonchev–Trinajstić information content (AvgIpc) is 3.27. The minimum Gasteiger partial charge on any atom is -0.496 e. The van der Waals surface area contributed by atoms with Crippen molar-refractivity contribution in [1.82, 2.24) is 10.1 Å². The number of hydrogen-bond donors (Lipinski definition) is 1. The van der Waals surface area contributed by atoms with E-state index in [2.05, 4.69) is 31.4 Å². The summed E-state index contributed by atoms with van der Waals surface area (Å²) in [5.41, 5.74) is 1.64. The summed E-state index contributed by atoms with van der Waals surface area (Å²) in [5, 5.41) is 6.87. The molecule has 0 aliphatic heterocycles. The topological polar surface area (TPSA) is 86.5 Å². The Morgan fingerprint density at radius 3 is 2.61 bits per heavy atom. The predicted molar refractivity (Wildman–Crippen MR) is 119 cm³/mol. The molecule has 7 nitrogen and oxygen atoms in total. The number of benzene rings is 3. The maximum atomic E-state index is 12.8. The van der Waals surface area contributed by atoms with Crippen LogP contribution in [0.15, 0.2) is 81.8 Å². The Kier molecular flexibility index (Phi) is 6.28. The van der Waals surface area contributed by atoms with Gasteiger partial charge >= 0.3 is 0 Å². The van der Waals surface area contributed by atoms with Gasteiger partial charge in [-0.05, 0) is 58.4 Å². The van der Waals surface area contributed by atoms with E-state index in [0.717, 1.165) is 0 Å². The van der Waals surface area contributed by atoms with E-state index < -0.39 is 0 Å². The molecular weight excluding hydrogens is 462 g/mol. The normalized spacial score (nSPS) is 10.5. The molecule has 0 saturated heterocycles. The van der Waals surface area contributed by atoms with Crippen LogP contribution in [0, 0.1) is 0 Å². The molecule has 0 fully saturated rings. The zero-order valence-corrected chi connectivity index (χ0v) is 18.1. The number of aromatic nitrogens is 2. The average molecular weight is 480 g/mol. The lowest BCUT2D eigenvalue weighted by atomic mass is 10.1. The molecule has 4 aromatic rings. The Balaban J connectivity index is 1.50. The van der Waals surface area contributed by atoms with E-state index in [1.165, 1.54) is 0 Å². The highest BCUT2D eigenvalue weighted by atomic mass is 79.9. The quantitative estimate of drug-likeness (QED) is 0.385. The predicted octanol–water partition coefficient (Wildman–Crippen LogP) is 5.34. The van der Waals surface area contributed by atoms with Crippen molar-refractivity contribution in [2.24, 2.45) is 0 Å². The summed E-state index contributed by atoms with van der Waals surface area (Å²) in [6.07, 6.45) is 0. The van der Waals surface area contributed by atoms with Crippen LogP contribution in [-0.4, -0.2) is 23.2 Å². The highest BCUT2D eigenvalue weighted by Gasteiger charge is 2.16. The van der Waals surface area contributed by atoms with Crippen LogP contribution in [0.25, 0.3) is 11.5 Å². The van der Waals surface area contributed by atoms with E-state index >= 15 is 0 Å². The minimum atomic E-state index is -0.275. The Hall–Kier alpha value is -3.65. The number of nitrogens with one attached hydrogen (secondary N) is 1. The van der Waals surface area contributed by atoms with E-state index in [4.69, 9.17) is 14.0 Å². The first-order chi connectivity index (χ1) is 15.1.